The van der Waals surface area contributed by atoms with Crippen LogP contribution < -0.4 is 10.5 Å². The van der Waals surface area contributed by atoms with Crippen LogP contribution >= 0.6 is 12.2 Å². The predicted molar refractivity (Wildman–Crippen MR) is 71.2 cm³/mol. The van der Waals surface area contributed by atoms with E-state index in [1.54, 1.807) is 0 Å². The molecule has 0 saturated heterocycles. The minimum absolute atomic E-state index is 0.290. The van der Waals surface area contributed by atoms with E-state index in [-0.39, 0.29) is 6.79 Å². The number of aryl methyl sites for hydroxylation is 1. The van der Waals surface area contributed by atoms with Crippen LogP contribution in [0.3, 0.4) is 0 Å². The Hall–Kier alpha value is -1.13. The van der Waals surface area contributed by atoms with Crippen molar-refractivity contribution >= 4 is 17.2 Å². The van der Waals surface area contributed by atoms with Crippen LogP contribution in [0.15, 0.2) is 18.2 Å². The third kappa shape index (κ3) is 3.68. The van der Waals surface area contributed by atoms with Crippen molar-refractivity contribution in [1.29, 1.82) is 0 Å². The summed E-state index contributed by atoms with van der Waals surface area (Å²) in [6.45, 7) is 3.08. The number of hydrogen-bond donors (Lipinski definition) is 1. The quantitative estimate of drug-likeness (QED) is 0.479. The average molecular weight is 251 g/mol. The van der Waals surface area contributed by atoms with E-state index >= 15 is 0 Å². The first-order chi connectivity index (χ1) is 8.16. The molecule has 0 spiro atoms. The van der Waals surface area contributed by atoms with Gasteiger partial charge in [-0.05, 0) is 37.3 Å². The lowest BCUT2D eigenvalue weighted by Crippen LogP contribution is -2.11. The van der Waals surface area contributed by atoms with Gasteiger partial charge >= 0.3 is 0 Å². The van der Waals surface area contributed by atoms with Gasteiger partial charge in [0.05, 0.1) is 6.61 Å². The van der Waals surface area contributed by atoms with E-state index in [2.05, 4.69) is 0 Å². The van der Waals surface area contributed by atoms with Crippen LogP contribution in [0, 0.1) is 12.8 Å². The normalized spacial score (nSPS) is 14.6. The van der Waals surface area contributed by atoms with Gasteiger partial charge in [-0.3, -0.25) is 0 Å². The van der Waals surface area contributed by atoms with E-state index in [1.165, 1.54) is 12.8 Å². The average Bonchev–Trinajstić information content (AvgIpc) is 3.10. The largest absolute Gasteiger partial charge is 0.467 e. The summed E-state index contributed by atoms with van der Waals surface area (Å²) in [6, 6.07) is 5.71. The third-order valence-electron chi connectivity index (χ3n) is 2.82. The molecule has 3 nitrogen and oxygen atoms in total. The van der Waals surface area contributed by atoms with Gasteiger partial charge < -0.3 is 15.2 Å². The van der Waals surface area contributed by atoms with Gasteiger partial charge in [-0.15, -0.1) is 0 Å². The molecule has 1 aliphatic rings. The van der Waals surface area contributed by atoms with Crippen LogP contribution in [0.1, 0.15) is 24.0 Å². The molecule has 1 fully saturated rings. The highest BCUT2D eigenvalue weighted by Crippen LogP contribution is 2.28. The molecule has 0 radical (unpaired) electrons. The highest BCUT2D eigenvalue weighted by atomic mass is 32.1. The van der Waals surface area contributed by atoms with Gasteiger partial charge in [0.1, 0.15) is 10.7 Å². The molecule has 0 amide bonds. The highest BCUT2D eigenvalue weighted by molar-refractivity contribution is 7.80. The van der Waals surface area contributed by atoms with Crippen LogP contribution in [0.4, 0.5) is 0 Å². The van der Waals surface area contributed by atoms with Crippen LogP contribution in [0.5, 0.6) is 5.75 Å². The molecule has 0 atom stereocenters. The number of hydrogen-bond acceptors (Lipinski definition) is 3. The molecule has 0 unspecified atom stereocenters. The molecule has 1 aromatic carbocycles. The molecule has 17 heavy (non-hydrogen) atoms. The van der Waals surface area contributed by atoms with Crippen molar-refractivity contribution in [3.63, 3.8) is 0 Å². The predicted octanol–water partition coefficient (Wildman–Crippen LogP) is 2.39. The summed E-state index contributed by atoms with van der Waals surface area (Å²) in [7, 11) is 0. The second kappa shape index (κ2) is 5.47. The number of rotatable bonds is 6. The third-order valence-corrected chi connectivity index (χ3v) is 3.06. The molecule has 2 N–H and O–H groups in total. The summed E-state index contributed by atoms with van der Waals surface area (Å²) in [5.41, 5.74) is 7.46. The van der Waals surface area contributed by atoms with E-state index in [9.17, 15) is 0 Å². The summed E-state index contributed by atoms with van der Waals surface area (Å²) < 4.78 is 11.0. The Balaban J connectivity index is 1.88. The molecule has 2 rings (SSSR count). The molecule has 1 aliphatic carbocycles. The molecule has 4 heteroatoms. The van der Waals surface area contributed by atoms with Crippen molar-refractivity contribution in [2.24, 2.45) is 11.7 Å². The lowest BCUT2D eigenvalue weighted by atomic mass is 10.1. The van der Waals surface area contributed by atoms with Crippen molar-refractivity contribution in [1.82, 2.24) is 0 Å². The zero-order valence-corrected chi connectivity index (χ0v) is 10.8. The van der Waals surface area contributed by atoms with Gasteiger partial charge in [-0.2, -0.15) is 0 Å². The second-order valence-electron chi connectivity index (χ2n) is 4.42. The van der Waals surface area contributed by atoms with Crippen LogP contribution in [0.25, 0.3) is 0 Å². The van der Waals surface area contributed by atoms with E-state index in [1.807, 2.05) is 25.1 Å². The van der Waals surface area contributed by atoms with Crippen LogP contribution in [-0.2, 0) is 4.74 Å². The van der Waals surface area contributed by atoms with Crippen molar-refractivity contribution in [3.05, 3.63) is 29.3 Å². The summed E-state index contributed by atoms with van der Waals surface area (Å²) in [6.07, 6.45) is 2.58. The van der Waals surface area contributed by atoms with Gasteiger partial charge in [0, 0.05) is 5.56 Å². The van der Waals surface area contributed by atoms with Crippen LogP contribution in [0.2, 0.25) is 0 Å². The highest BCUT2D eigenvalue weighted by Gasteiger charge is 2.21. The summed E-state index contributed by atoms with van der Waals surface area (Å²) in [4.78, 5) is 0.383. The zero-order valence-electron chi connectivity index (χ0n) is 9.94. The first-order valence-electron chi connectivity index (χ1n) is 5.78. The molecule has 1 saturated carbocycles. The molecule has 0 aromatic heterocycles. The maximum atomic E-state index is 5.58. The Labute approximate surface area is 107 Å². The molecule has 1 aromatic rings. The molecule has 0 heterocycles. The Kier molecular flexibility index (Phi) is 3.97. The number of thiocarbonyl (C=S) groups is 1. The van der Waals surface area contributed by atoms with Gasteiger partial charge in [0.25, 0.3) is 0 Å². The molecule has 92 valence electrons. The summed E-state index contributed by atoms with van der Waals surface area (Å²) in [5.74, 6) is 1.54. The van der Waals surface area contributed by atoms with Gasteiger partial charge in [-0.1, -0.05) is 24.4 Å². The Bertz CT molecular complexity index is 416. The van der Waals surface area contributed by atoms with E-state index < -0.39 is 0 Å². The lowest BCUT2D eigenvalue weighted by Gasteiger charge is -2.10. The minimum atomic E-state index is 0.290. The Morgan fingerprint density at radius 3 is 2.88 bits per heavy atom. The smallest absolute Gasteiger partial charge is 0.189 e. The summed E-state index contributed by atoms with van der Waals surface area (Å²) in [5, 5.41) is 0. The second-order valence-corrected chi connectivity index (χ2v) is 4.86. The molecule has 0 bridgehead atoms. The molecular weight excluding hydrogens is 234 g/mol. The van der Waals surface area contributed by atoms with Crippen molar-refractivity contribution in [2.45, 2.75) is 19.8 Å². The SMILES string of the molecule is Cc1ccc(C(N)=S)cc1OCOCC1CC1. The Morgan fingerprint density at radius 2 is 2.24 bits per heavy atom. The topological polar surface area (TPSA) is 44.5 Å². The van der Waals surface area contributed by atoms with Crippen LogP contribution in [-0.4, -0.2) is 18.4 Å². The fourth-order valence-corrected chi connectivity index (χ4v) is 1.64. The van der Waals surface area contributed by atoms with E-state index in [4.69, 9.17) is 27.4 Å². The van der Waals surface area contributed by atoms with Crippen molar-refractivity contribution in [2.75, 3.05) is 13.4 Å². The van der Waals surface area contributed by atoms with E-state index in [0.717, 1.165) is 29.4 Å². The van der Waals surface area contributed by atoms with Crippen molar-refractivity contribution < 1.29 is 9.47 Å². The first-order valence-corrected chi connectivity index (χ1v) is 6.18. The maximum absolute atomic E-state index is 5.58. The maximum Gasteiger partial charge on any atom is 0.189 e. The summed E-state index contributed by atoms with van der Waals surface area (Å²) >= 11 is 4.93. The standard InChI is InChI=1S/C13H17NO2S/c1-9-2-5-11(13(14)17)6-12(9)16-8-15-7-10-3-4-10/h2,5-6,10H,3-4,7-8H2,1H3,(H2,14,17). The number of nitrogens with two attached hydrogens (primary N) is 1. The first kappa shape index (κ1) is 12.3. The minimum Gasteiger partial charge on any atom is -0.467 e. The van der Waals surface area contributed by atoms with E-state index in [0.29, 0.717) is 4.99 Å². The fraction of sp³-hybridized carbons (Fsp3) is 0.462. The van der Waals surface area contributed by atoms with Gasteiger partial charge in [0.15, 0.2) is 6.79 Å². The number of benzene rings is 1. The molecular formula is C13H17NO2S. The zero-order chi connectivity index (χ0) is 12.3. The van der Waals surface area contributed by atoms with Gasteiger partial charge in [0.2, 0.25) is 0 Å². The molecule has 0 aliphatic heterocycles. The lowest BCUT2D eigenvalue weighted by molar-refractivity contribution is 0.00961. The van der Waals surface area contributed by atoms with Gasteiger partial charge in [-0.25, -0.2) is 0 Å². The fourth-order valence-electron chi connectivity index (χ4n) is 1.51. The number of ether oxygens (including phenoxy) is 2. The monoisotopic (exact) mass is 251 g/mol. The van der Waals surface area contributed by atoms with Crippen molar-refractivity contribution in [3.8, 4) is 5.75 Å². The Morgan fingerprint density at radius 1 is 1.47 bits per heavy atom.